The first-order valence-electron chi connectivity index (χ1n) is 5.90. The highest BCUT2D eigenvalue weighted by Gasteiger charge is 2.00. The first-order valence-corrected chi connectivity index (χ1v) is 5.90. The zero-order valence-corrected chi connectivity index (χ0v) is 10.1. The van der Waals surface area contributed by atoms with Gasteiger partial charge in [0.15, 0.2) is 0 Å². The summed E-state index contributed by atoms with van der Waals surface area (Å²) in [5, 5.41) is 1.09. The van der Waals surface area contributed by atoms with E-state index in [9.17, 15) is 0 Å². The fourth-order valence-electron chi connectivity index (χ4n) is 1.85. The zero-order valence-electron chi connectivity index (χ0n) is 10.1. The van der Waals surface area contributed by atoms with Crippen molar-refractivity contribution in [2.75, 3.05) is 0 Å². The topological polar surface area (TPSA) is 22.1 Å². The monoisotopic (exact) mass is 235 g/mol. The minimum absolute atomic E-state index is 0.762. The Bertz CT molecular complexity index is 674. The van der Waals surface area contributed by atoms with Gasteiger partial charge in [0, 0.05) is 5.39 Å². The van der Waals surface area contributed by atoms with E-state index in [0.29, 0.717) is 0 Å². The van der Waals surface area contributed by atoms with Crippen LogP contribution in [0.2, 0.25) is 0 Å². The van der Waals surface area contributed by atoms with E-state index in [1.165, 1.54) is 5.56 Å². The molecule has 0 amide bonds. The molecule has 0 atom stereocenters. The Hall–Kier alpha value is -2.35. The SMILES string of the molecule is Cc1ccc(Oc2cnc3ccccc3c2)cc1. The third kappa shape index (κ3) is 2.18. The van der Waals surface area contributed by atoms with E-state index in [-0.39, 0.29) is 0 Å². The van der Waals surface area contributed by atoms with Gasteiger partial charge in [0.25, 0.3) is 0 Å². The van der Waals surface area contributed by atoms with E-state index in [0.717, 1.165) is 22.4 Å². The molecule has 0 N–H and O–H groups in total. The molecule has 2 heteroatoms. The Kier molecular flexibility index (Phi) is 2.69. The van der Waals surface area contributed by atoms with Crippen LogP contribution in [0.4, 0.5) is 0 Å². The van der Waals surface area contributed by atoms with Gasteiger partial charge in [0.05, 0.1) is 11.7 Å². The third-order valence-electron chi connectivity index (χ3n) is 2.82. The van der Waals surface area contributed by atoms with Gasteiger partial charge in [-0.2, -0.15) is 0 Å². The molecule has 0 spiro atoms. The molecule has 0 aliphatic rings. The Morgan fingerprint density at radius 2 is 1.67 bits per heavy atom. The summed E-state index contributed by atoms with van der Waals surface area (Å²) < 4.78 is 5.78. The summed E-state index contributed by atoms with van der Waals surface area (Å²) >= 11 is 0. The van der Waals surface area contributed by atoms with Crippen LogP contribution in [0.25, 0.3) is 10.9 Å². The number of hydrogen-bond donors (Lipinski definition) is 0. The van der Waals surface area contributed by atoms with Crippen LogP contribution >= 0.6 is 0 Å². The molecule has 0 saturated carbocycles. The van der Waals surface area contributed by atoms with Crippen molar-refractivity contribution < 1.29 is 4.74 Å². The molecular weight excluding hydrogens is 222 g/mol. The first kappa shape index (κ1) is 10.8. The predicted molar refractivity (Wildman–Crippen MR) is 73.0 cm³/mol. The van der Waals surface area contributed by atoms with Gasteiger partial charge in [0.2, 0.25) is 0 Å². The molecule has 1 heterocycles. The summed E-state index contributed by atoms with van der Waals surface area (Å²) in [6, 6.07) is 18.0. The average molecular weight is 235 g/mol. The second kappa shape index (κ2) is 4.49. The van der Waals surface area contributed by atoms with Crippen LogP contribution < -0.4 is 4.74 Å². The lowest BCUT2D eigenvalue weighted by Gasteiger charge is -2.06. The Morgan fingerprint density at radius 1 is 0.889 bits per heavy atom. The van der Waals surface area contributed by atoms with E-state index in [4.69, 9.17) is 4.74 Å². The quantitative estimate of drug-likeness (QED) is 0.659. The summed E-state index contributed by atoms with van der Waals surface area (Å²) in [7, 11) is 0. The Balaban J connectivity index is 1.92. The number of nitrogens with zero attached hydrogens (tertiary/aromatic N) is 1. The smallest absolute Gasteiger partial charge is 0.146 e. The highest BCUT2D eigenvalue weighted by Crippen LogP contribution is 2.24. The molecular formula is C16H13NO. The van der Waals surface area contributed by atoms with Crippen molar-refractivity contribution in [2.24, 2.45) is 0 Å². The van der Waals surface area contributed by atoms with E-state index in [1.807, 2.05) is 54.6 Å². The molecule has 3 rings (SSSR count). The van der Waals surface area contributed by atoms with Crippen molar-refractivity contribution >= 4 is 10.9 Å². The van der Waals surface area contributed by atoms with Crippen LogP contribution in [0.15, 0.2) is 60.8 Å². The summed E-state index contributed by atoms with van der Waals surface area (Å²) in [5.41, 5.74) is 2.20. The number of aromatic nitrogens is 1. The van der Waals surface area contributed by atoms with E-state index in [1.54, 1.807) is 6.20 Å². The van der Waals surface area contributed by atoms with E-state index < -0.39 is 0 Å². The second-order valence-electron chi connectivity index (χ2n) is 4.28. The summed E-state index contributed by atoms with van der Waals surface area (Å²) in [4.78, 5) is 4.37. The maximum Gasteiger partial charge on any atom is 0.146 e. The molecule has 0 saturated heterocycles. The molecule has 0 radical (unpaired) electrons. The van der Waals surface area contributed by atoms with Crippen LogP contribution in [0.5, 0.6) is 11.5 Å². The van der Waals surface area contributed by atoms with Crippen molar-refractivity contribution in [2.45, 2.75) is 6.92 Å². The molecule has 0 unspecified atom stereocenters. The number of rotatable bonds is 2. The molecule has 0 aliphatic heterocycles. The highest BCUT2D eigenvalue weighted by atomic mass is 16.5. The predicted octanol–water partition coefficient (Wildman–Crippen LogP) is 4.34. The van der Waals surface area contributed by atoms with Crippen LogP contribution in [-0.4, -0.2) is 4.98 Å². The fourth-order valence-corrected chi connectivity index (χ4v) is 1.85. The second-order valence-corrected chi connectivity index (χ2v) is 4.28. The lowest BCUT2D eigenvalue weighted by atomic mass is 10.2. The lowest BCUT2D eigenvalue weighted by molar-refractivity contribution is 0.481. The van der Waals surface area contributed by atoms with E-state index >= 15 is 0 Å². The number of fused-ring (bicyclic) bond motifs is 1. The first-order chi connectivity index (χ1) is 8.81. The normalized spacial score (nSPS) is 10.5. The number of pyridine rings is 1. The average Bonchev–Trinajstić information content (AvgIpc) is 2.41. The maximum absolute atomic E-state index is 5.78. The van der Waals surface area contributed by atoms with Crippen LogP contribution in [0, 0.1) is 6.92 Å². The van der Waals surface area contributed by atoms with Crippen LogP contribution in [-0.2, 0) is 0 Å². The molecule has 0 fully saturated rings. The number of ether oxygens (including phenoxy) is 1. The Morgan fingerprint density at radius 3 is 2.50 bits per heavy atom. The summed E-state index contributed by atoms with van der Waals surface area (Å²) in [6.45, 7) is 2.06. The van der Waals surface area contributed by atoms with Crippen LogP contribution in [0.1, 0.15) is 5.56 Å². The fraction of sp³-hybridized carbons (Fsp3) is 0.0625. The molecule has 3 aromatic rings. The number of hydrogen-bond acceptors (Lipinski definition) is 2. The molecule has 0 aliphatic carbocycles. The number of para-hydroxylation sites is 1. The van der Waals surface area contributed by atoms with Crippen molar-refractivity contribution in [1.29, 1.82) is 0 Å². The van der Waals surface area contributed by atoms with Gasteiger partial charge < -0.3 is 4.74 Å². The molecule has 88 valence electrons. The summed E-state index contributed by atoms with van der Waals surface area (Å²) in [6.07, 6.45) is 1.75. The van der Waals surface area contributed by atoms with Gasteiger partial charge in [-0.05, 0) is 31.2 Å². The molecule has 1 aromatic heterocycles. The standard InChI is InChI=1S/C16H13NO/c1-12-6-8-14(9-7-12)18-15-10-13-4-2-3-5-16(13)17-11-15/h2-11H,1H3. The van der Waals surface area contributed by atoms with Gasteiger partial charge >= 0.3 is 0 Å². The Labute approximate surface area is 106 Å². The molecule has 2 aromatic carbocycles. The number of aryl methyl sites for hydroxylation is 1. The largest absolute Gasteiger partial charge is 0.456 e. The number of benzene rings is 2. The third-order valence-corrected chi connectivity index (χ3v) is 2.82. The molecule has 0 bridgehead atoms. The highest BCUT2D eigenvalue weighted by molar-refractivity contribution is 5.79. The lowest BCUT2D eigenvalue weighted by Crippen LogP contribution is -1.86. The maximum atomic E-state index is 5.78. The van der Waals surface area contributed by atoms with Gasteiger partial charge in [-0.15, -0.1) is 0 Å². The van der Waals surface area contributed by atoms with E-state index in [2.05, 4.69) is 11.9 Å². The molecule has 2 nitrogen and oxygen atoms in total. The van der Waals surface area contributed by atoms with Crippen molar-refractivity contribution in [1.82, 2.24) is 4.98 Å². The molecule has 18 heavy (non-hydrogen) atoms. The van der Waals surface area contributed by atoms with Crippen LogP contribution in [0.3, 0.4) is 0 Å². The van der Waals surface area contributed by atoms with Gasteiger partial charge in [-0.1, -0.05) is 35.9 Å². The van der Waals surface area contributed by atoms with Crippen molar-refractivity contribution in [3.05, 3.63) is 66.4 Å². The van der Waals surface area contributed by atoms with Gasteiger partial charge in [-0.3, -0.25) is 4.98 Å². The van der Waals surface area contributed by atoms with Crippen molar-refractivity contribution in [3.63, 3.8) is 0 Å². The minimum atomic E-state index is 0.762. The van der Waals surface area contributed by atoms with Gasteiger partial charge in [0.1, 0.15) is 11.5 Å². The summed E-state index contributed by atoms with van der Waals surface area (Å²) in [5.74, 6) is 1.59. The zero-order chi connectivity index (χ0) is 12.4. The van der Waals surface area contributed by atoms with Crippen molar-refractivity contribution in [3.8, 4) is 11.5 Å². The van der Waals surface area contributed by atoms with Gasteiger partial charge in [-0.25, -0.2) is 0 Å². The minimum Gasteiger partial charge on any atom is -0.456 e.